The molecule has 0 aromatic carbocycles. The summed E-state index contributed by atoms with van der Waals surface area (Å²) in [7, 11) is 0. The first kappa shape index (κ1) is 13.8. The molecule has 0 saturated carbocycles. The van der Waals surface area contributed by atoms with E-state index in [0.717, 1.165) is 24.6 Å². The third-order valence-electron chi connectivity index (χ3n) is 4.43. The van der Waals surface area contributed by atoms with Gasteiger partial charge >= 0.3 is 0 Å². The van der Waals surface area contributed by atoms with Crippen LogP contribution in [-0.2, 0) is 0 Å². The fraction of sp³-hybridized carbons (Fsp3) is 0.688. The number of hydrogen-bond donors (Lipinski definition) is 1. The molecule has 2 aliphatic heterocycles. The fourth-order valence-electron chi connectivity index (χ4n) is 3.23. The van der Waals surface area contributed by atoms with Crippen LogP contribution >= 0.6 is 0 Å². The van der Waals surface area contributed by atoms with Crippen molar-refractivity contribution in [3.8, 4) is 5.88 Å². The van der Waals surface area contributed by atoms with Crippen molar-refractivity contribution in [1.29, 1.82) is 0 Å². The summed E-state index contributed by atoms with van der Waals surface area (Å²) in [4.78, 5) is 6.86. The predicted molar refractivity (Wildman–Crippen MR) is 79.9 cm³/mol. The number of pyridine rings is 1. The van der Waals surface area contributed by atoms with E-state index in [1.54, 1.807) is 6.20 Å². The molecule has 110 valence electrons. The SMILES string of the molecule is c1ccc(OC2CCN(CC3CCNCC3)CC2)nc1. The number of hydrogen-bond acceptors (Lipinski definition) is 4. The molecule has 0 atom stereocenters. The summed E-state index contributed by atoms with van der Waals surface area (Å²) >= 11 is 0. The second kappa shape index (κ2) is 7.04. The van der Waals surface area contributed by atoms with Crippen LogP contribution in [0.2, 0.25) is 0 Å². The molecule has 1 N–H and O–H groups in total. The Bertz CT molecular complexity index is 384. The molecule has 4 heteroatoms. The van der Waals surface area contributed by atoms with E-state index in [1.165, 1.54) is 45.6 Å². The second-order valence-corrected chi connectivity index (χ2v) is 5.98. The monoisotopic (exact) mass is 275 g/mol. The van der Waals surface area contributed by atoms with E-state index in [4.69, 9.17) is 4.74 Å². The summed E-state index contributed by atoms with van der Waals surface area (Å²) in [5.74, 6) is 1.66. The van der Waals surface area contributed by atoms with Gasteiger partial charge in [0.25, 0.3) is 0 Å². The highest BCUT2D eigenvalue weighted by atomic mass is 16.5. The van der Waals surface area contributed by atoms with Crippen molar-refractivity contribution in [2.45, 2.75) is 31.8 Å². The molecule has 4 nitrogen and oxygen atoms in total. The highest BCUT2D eigenvalue weighted by Crippen LogP contribution is 2.20. The summed E-state index contributed by atoms with van der Waals surface area (Å²) in [5.41, 5.74) is 0. The van der Waals surface area contributed by atoms with Gasteiger partial charge in [-0.15, -0.1) is 0 Å². The highest BCUT2D eigenvalue weighted by molar-refractivity contribution is 5.09. The van der Waals surface area contributed by atoms with E-state index >= 15 is 0 Å². The Morgan fingerprint density at radius 2 is 1.95 bits per heavy atom. The summed E-state index contributed by atoms with van der Waals surface area (Å²) in [6.07, 6.45) is 7.06. The van der Waals surface area contributed by atoms with Crippen molar-refractivity contribution < 1.29 is 4.74 Å². The molecule has 1 aromatic heterocycles. The molecule has 2 aliphatic rings. The first-order valence-corrected chi connectivity index (χ1v) is 7.91. The van der Waals surface area contributed by atoms with E-state index < -0.39 is 0 Å². The van der Waals surface area contributed by atoms with Crippen LogP contribution in [0.1, 0.15) is 25.7 Å². The van der Waals surface area contributed by atoms with Gasteiger partial charge in [-0.3, -0.25) is 0 Å². The third kappa shape index (κ3) is 3.93. The Morgan fingerprint density at radius 3 is 2.65 bits per heavy atom. The van der Waals surface area contributed by atoms with Gasteiger partial charge in [0.1, 0.15) is 6.10 Å². The van der Waals surface area contributed by atoms with Gasteiger partial charge in [-0.2, -0.15) is 0 Å². The van der Waals surface area contributed by atoms with Crippen molar-refractivity contribution in [1.82, 2.24) is 15.2 Å². The maximum absolute atomic E-state index is 5.95. The summed E-state index contributed by atoms with van der Waals surface area (Å²) in [6.45, 7) is 6.01. The van der Waals surface area contributed by atoms with Crippen LogP contribution in [0.3, 0.4) is 0 Å². The molecule has 3 heterocycles. The van der Waals surface area contributed by atoms with Crippen LogP contribution in [-0.4, -0.2) is 48.7 Å². The Balaban J connectivity index is 1.40. The smallest absolute Gasteiger partial charge is 0.213 e. The number of likely N-dealkylation sites (tertiary alicyclic amines) is 1. The van der Waals surface area contributed by atoms with Crippen LogP contribution in [0.5, 0.6) is 5.88 Å². The van der Waals surface area contributed by atoms with Crippen LogP contribution in [0.15, 0.2) is 24.4 Å². The van der Waals surface area contributed by atoms with Gasteiger partial charge in [0.15, 0.2) is 0 Å². The molecule has 20 heavy (non-hydrogen) atoms. The average molecular weight is 275 g/mol. The average Bonchev–Trinajstić information content (AvgIpc) is 2.51. The largest absolute Gasteiger partial charge is 0.474 e. The van der Waals surface area contributed by atoms with E-state index in [9.17, 15) is 0 Å². The molecule has 0 spiro atoms. The zero-order valence-corrected chi connectivity index (χ0v) is 12.1. The lowest BCUT2D eigenvalue weighted by atomic mass is 9.96. The number of rotatable bonds is 4. The van der Waals surface area contributed by atoms with Crippen molar-refractivity contribution >= 4 is 0 Å². The van der Waals surface area contributed by atoms with Crippen molar-refractivity contribution in [2.24, 2.45) is 5.92 Å². The van der Waals surface area contributed by atoms with Gasteiger partial charge in [-0.05, 0) is 50.8 Å². The molecule has 0 unspecified atom stereocenters. The van der Waals surface area contributed by atoms with Crippen molar-refractivity contribution in [3.05, 3.63) is 24.4 Å². The Morgan fingerprint density at radius 1 is 1.15 bits per heavy atom. The Hall–Kier alpha value is -1.13. The number of nitrogens with one attached hydrogen (secondary N) is 1. The van der Waals surface area contributed by atoms with Gasteiger partial charge in [-0.1, -0.05) is 6.07 Å². The van der Waals surface area contributed by atoms with E-state index in [0.29, 0.717) is 6.10 Å². The number of piperidine rings is 2. The van der Waals surface area contributed by atoms with Crippen molar-refractivity contribution in [2.75, 3.05) is 32.7 Å². The molecule has 0 radical (unpaired) electrons. The van der Waals surface area contributed by atoms with Crippen molar-refractivity contribution in [3.63, 3.8) is 0 Å². The highest BCUT2D eigenvalue weighted by Gasteiger charge is 2.23. The predicted octanol–water partition coefficient (Wildman–Crippen LogP) is 1.92. The molecular formula is C16H25N3O. The van der Waals surface area contributed by atoms with E-state index in [1.807, 2.05) is 18.2 Å². The van der Waals surface area contributed by atoms with Gasteiger partial charge in [0, 0.05) is 31.9 Å². The summed E-state index contributed by atoms with van der Waals surface area (Å²) in [5, 5.41) is 3.44. The van der Waals surface area contributed by atoms with Crippen LogP contribution < -0.4 is 10.1 Å². The van der Waals surface area contributed by atoms with Crippen LogP contribution in [0, 0.1) is 5.92 Å². The number of aromatic nitrogens is 1. The van der Waals surface area contributed by atoms with Gasteiger partial charge in [0.05, 0.1) is 0 Å². The maximum Gasteiger partial charge on any atom is 0.213 e. The quantitative estimate of drug-likeness (QED) is 0.911. The van der Waals surface area contributed by atoms with Gasteiger partial charge in [0.2, 0.25) is 5.88 Å². The number of nitrogens with zero attached hydrogens (tertiary/aromatic N) is 2. The minimum Gasteiger partial charge on any atom is -0.474 e. The Labute approximate surface area is 121 Å². The standard InChI is InChI=1S/C16H25N3O/c1-2-8-18-16(3-1)20-15-6-11-19(12-7-15)13-14-4-9-17-10-5-14/h1-3,8,14-15,17H,4-7,9-13H2. The first-order valence-electron chi connectivity index (χ1n) is 7.91. The second-order valence-electron chi connectivity index (χ2n) is 5.98. The fourth-order valence-corrected chi connectivity index (χ4v) is 3.23. The molecule has 0 amide bonds. The van der Waals surface area contributed by atoms with E-state index in [-0.39, 0.29) is 0 Å². The molecule has 2 fully saturated rings. The lowest BCUT2D eigenvalue weighted by Crippen LogP contribution is -2.42. The van der Waals surface area contributed by atoms with Gasteiger partial charge < -0.3 is 15.0 Å². The maximum atomic E-state index is 5.95. The summed E-state index contributed by atoms with van der Waals surface area (Å²) in [6, 6.07) is 5.85. The number of ether oxygens (including phenoxy) is 1. The molecule has 0 aliphatic carbocycles. The molecule has 1 aromatic rings. The molecule has 3 rings (SSSR count). The minimum absolute atomic E-state index is 0.342. The zero-order chi connectivity index (χ0) is 13.6. The molecule has 0 bridgehead atoms. The Kier molecular flexibility index (Phi) is 4.87. The third-order valence-corrected chi connectivity index (χ3v) is 4.43. The lowest BCUT2D eigenvalue weighted by Gasteiger charge is -2.35. The minimum atomic E-state index is 0.342. The van der Waals surface area contributed by atoms with Crippen LogP contribution in [0.25, 0.3) is 0 Å². The van der Waals surface area contributed by atoms with Crippen LogP contribution in [0.4, 0.5) is 0 Å². The van der Waals surface area contributed by atoms with Gasteiger partial charge in [-0.25, -0.2) is 4.98 Å². The summed E-state index contributed by atoms with van der Waals surface area (Å²) < 4.78 is 5.95. The normalized spacial score (nSPS) is 22.8. The first-order chi connectivity index (χ1) is 9.90. The lowest BCUT2D eigenvalue weighted by molar-refractivity contribution is 0.0842. The topological polar surface area (TPSA) is 37.4 Å². The molecular weight excluding hydrogens is 250 g/mol. The van der Waals surface area contributed by atoms with E-state index in [2.05, 4.69) is 15.2 Å². The zero-order valence-electron chi connectivity index (χ0n) is 12.1. The molecule has 2 saturated heterocycles.